The fraction of sp³-hybridized carbons (Fsp3) is 0.611. The van der Waals surface area contributed by atoms with Gasteiger partial charge in [0.2, 0.25) is 0 Å². The number of nitrogens with one attached hydrogen (secondary N) is 1. The first-order valence-electron chi connectivity index (χ1n) is 8.79. The minimum Gasteiger partial charge on any atom is -0.336 e. The van der Waals surface area contributed by atoms with Crippen LogP contribution in [0.25, 0.3) is 0 Å². The molecule has 1 N–H and O–H groups in total. The predicted molar refractivity (Wildman–Crippen MR) is 96.4 cm³/mol. The number of carbonyl (C=O) groups is 1. The molecule has 0 bridgehead atoms. The van der Waals surface area contributed by atoms with Crippen LogP contribution < -0.4 is 0 Å². The van der Waals surface area contributed by atoms with Crippen molar-refractivity contribution >= 4 is 17.2 Å². The van der Waals surface area contributed by atoms with E-state index in [-0.39, 0.29) is 5.91 Å². The van der Waals surface area contributed by atoms with E-state index in [0.29, 0.717) is 18.4 Å². The Bertz CT molecular complexity index is 685. The van der Waals surface area contributed by atoms with E-state index in [0.717, 1.165) is 34.8 Å². The Morgan fingerprint density at radius 1 is 1.38 bits per heavy atom. The van der Waals surface area contributed by atoms with Crippen LogP contribution in [0.2, 0.25) is 0 Å². The zero-order valence-corrected chi connectivity index (χ0v) is 15.5. The molecule has 5 nitrogen and oxygen atoms in total. The summed E-state index contributed by atoms with van der Waals surface area (Å²) in [7, 11) is 1.84. The summed E-state index contributed by atoms with van der Waals surface area (Å²) in [4.78, 5) is 19.2. The third kappa shape index (κ3) is 3.69. The van der Waals surface area contributed by atoms with Gasteiger partial charge in [0.05, 0.1) is 34.7 Å². The average Bonchev–Trinajstić information content (AvgIpc) is 3.24. The summed E-state index contributed by atoms with van der Waals surface area (Å²) in [6, 6.07) is 0. The van der Waals surface area contributed by atoms with Crippen LogP contribution in [0.4, 0.5) is 0 Å². The van der Waals surface area contributed by atoms with E-state index in [9.17, 15) is 4.79 Å². The monoisotopic (exact) mass is 346 g/mol. The molecule has 2 aromatic heterocycles. The molecule has 0 spiro atoms. The number of hydrogen-bond acceptors (Lipinski definition) is 4. The van der Waals surface area contributed by atoms with E-state index in [2.05, 4.69) is 34.4 Å². The summed E-state index contributed by atoms with van der Waals surface area (Å²) < 4.78 is 0. The lowest BCUT2D eigenvalue weighted by Crippen LogP contribution is -2.27. The van der Waals surface area contributed by atoms with Gasteiger partial charge in [-0.2, -0.15) is 5.10 Å². The van der Waals surface area contributed by atoms with E-state index < -0.39 is 0 Å². The van der Waals surface area contributed by atoms with Crippen LogP contribution in [-0.2, 0) is 6.54 Å². The lowest BCUT2D eigenvalue weighted by Gasteiger charge is -2.22. The van der Waals surface area contributed by atoms with Crippen LogP contribution in [0.1, 0.15) is 84.5 Å². The summed E-state index contributed by atoms with van der Waals surface area (Å²) >= 11 is 1.67. The first kappa shape index (κ1) is 17.1. The van der Waals surface area contributed by atoms with Gasteiger partial charge in [0.25, 0.3) is 5.91 Å². The highest BCUT2D eigenvalue weighted by Gasteiger charge is 2.25. The molecule has 0 saturated heterocycles. The molecule has 1 saturated carbocycles. The summed E-state index contributed by atoms with van der Waals surface area (Å²) in [5.74, 6) is 0.903. The molecule has 1 amide bonds. The first-order chi connectivity index (χ1) is 11.6. The van der Waals surface area contributed by atoms with Crippen molar-refractivity contribution in [3.05, 3.63) is 33.5 Å². The molecule has 3 rings (SSSR count). The lowest BCUT2D eigenvalue weighted by atomic mass is 9.85. The number of H-pyrrole nitrogens is 1. The highest BCUT2D eigenvalue weighted by atomic mass is 32.1. The van der Waals surface area contributed by atoms with Crippen LogP contribution in [-0.4, -0.2) is 33.0 Å². The smallest absolute Gasteiger partial charge is 0.257 e. The lowest BCUT2D eigenvalue weighted by molar-refractivity contribution is 0.0781. The molecule has 6 heteroatoms. The second kappa shape index (κ2) is 7.47. The van der Waals surface area contributed by atoms with Crippen molar-refractivity contribution in [3.8, 4) is 0 Å². The van der Waals surface area contributed by atoms with E-state index in [1.807, 2.05) is 7.05 Å². The maximum absolute atomic E-state index is 12.9. The molecule has 0 aliphatic heterocycles. The van der Waals surface area contributed by atoms with Gasteiger partial charge < -0.3 is 4.90 Å². The van der Waals surface area contributed by atoms with Crippen molar-refractivity contribution in [3.63, 3.8) is 0 Å². The molecule has 0 radical (unpaired) electrons. The van der Waals surface area contributed by atoms with Gasteiger partial charge in [-0.25, -0.2) is 4.98 Å². The van der Waals surface area contributed by atoms with Crippen LogP contribution in [0.5, 0.6) is 0 Å². The van der Waals surface area contributed by atoms with Gasteiger partial charge in [-0.05, 0) is 12.8 Å². The topological polar surface area (TPSA) is 61.9 Å². The third-order valence-electron chi connectivity index (χ3n) is 4.72. The molecular weight excluding hydrogens is 320 g/mol. The van der Waals surface area contributed by atoms with Gasteiger partial charge >= 0.3 is 0 Å². The number of hydrogen-bond donors (Lipinski definition) is 1. The fourth-order valence-electron chi connectivity index (χ4n) is 3.35. The molecule has 1 fully saturated rings. The normalized spacial score (nSPS) is 15.8. The first-order valence-corrected chi connectivity index (χ1v) is 9.67. The van der Waals surface area contributed by atoms with Gasteiger partial charge in [-0.3, -0.25) is 9.89 Å². The number of nitrogens with zero attached hydrogens (tertiary/aromatic N) is 3. The summed E-state index contributed by atoms with van der Waals surface area (Å²) in [5, 5.41) is 10.4. The van der Waals surface area contributed by atoms with Crippen LogP contribution in [0.15, 0.2) is 11.6 Å². The van der Waals surface area contributed by atoms with E-state index >= 15 is 0 Å². The average molecular weight is 347 g/mol. The number of thiazole rings is 1. The zero-order valence-electron chi connectivity index (χ0n) is 14.7. The Morgan fingerprint density at radius 3 is 2.79 bits per heavy atom. The SMILES string of the molecule is CC(C)c1nc(CN(C)C(=O)c2cn[nH]c2C2CCCCC2)cs1. The Labute approximate surface area is 147 Å². The standard InChI is InChI=1S/C18H26N4OS/c1-12(2)17-20-14(11-24-17)10-22(3)18(23)15-9-19-21-16(15)13-7-5-4-6-8-13/h9,11-13H,4-8,10H2,1-3H3,(H,19,21). The van der Waals surface area contributed by atoms with Crippen molar-refractivity contribution in [1.29, 1.82) is 0 Å². The van der Waals surface area contributed by atoms with Gasteiger partial charge in [-0.1, -0.05) is 33.1 Å². The summed E-state index contributed by atoms with van der Waals surface area (Å²) in [6.07, 6.45) is 7.76. The van der Waals surface area contributed by atoms with Crippen LogP contribution in [0, 0.1) is 0 Å². The van der Waals surface area contributed by atoms with Crippen molar-refractivity contribution in [2.75, 3.05) is 7.05 Å². The predicted octanol–water partition coefficient (Wildman–Crippen LogP) is 4.31. The molecule has 0 aromatic carbocycles. The highest BCUT2D eigenvalue weighted by molar-refractivity contribution is 7.09. The largest absolute Gasteiger partial charge is 0.336 e. The van der Waals surface area contributed by atoms with Crippen molar-refractivity contribution in [2.24, 2.45) is 0 Å². The third-order valence-corrected chi connectivity index (χ3v) is 5.92. The van der Waals surface area contributed by atoms with E-state index in [1.54, 1.807) is 22.4 Å². The van der Waals surface area contributed by atoms with Gasteiger partial charge in [0.15, 0.2) is 0 Å². The quantitative estimate of drug-likeness (QED) is 0.877. The molecular formula is C18H26N4OS. The zero-order chi connectivity index (χ0) is 17.1. The van der Waals surface area contributed by atoms with Crippen molar-refractivity contribution in [2.45, 2.75) is 64.3 Å². The Balaban J connectivity index is 1.70. The van der Waals surface area contributed by atoms with Gasteiger partial charge in [-0.15, -0.1) is 11.3 Å². The summed E-state index contributed by atoms with van der Waals surface area (Å²) in [6.45, 7) is 4.82. The maximum atomic E-state index is 12.9. The highest BCUT2D eigenvalue weighted by Crippen LogP contribution is 2.33. The van der Waals surface area contributed by atoms with Crippen molar-refractivity contribution < 1.29 is 4.79 Å². The minimum absolute atomic E-state index is 0.0309. The van der Waals surface area contributed by atoms with E-state index in [1.165, 1.54) is 19.3 Å². The molecule has 24 heavy (non-hydrogen) atoms. The molecule has 2 aromatic rings. The molecule has 1 aliphatic carbocycles. The van der Waals surface area contributed by atoms with Gasteiger partial charge in [0, 0.05) is 24.3 Å². The number of carbonyl (C=O) groups excluding carboxylic acids is 1. The maximum Gasteiger partial charge on any atom is 0.257 e. The second-order valence-corrected chi connectivity index (χ2v) is 7.91. The second-order valence-electron chi connectivity index (χ2n) is 7.03. The number of amides is 1. The number of aromatic nitrogens is 3. The van der Waals surface area contributed by atoms with Crippen LogP contribution >= 0.6 is 11.3 Å². The Kier molecular flexibility index (Phi) is 5.33. The summed E-state index contributed by atoms with van der Waals surface area (Å²) in [5.41, 5.74) is 2.71. The fourth-order valence-corrected chi connectivity index (χ4v) is 4.18. The van der Waals surface area contributed by atoms with E-state index in [4.69, 9.17) is 0 Å². The molecule has 1 aliphatic rings. The minimum atomic E-state index is 0.0309. The van der Waals surface area contributed by atoms with Gasteiger partial charge in [0.1, 0.15) is 0 Å². The molecule has 0 unspecified atom stereocenters. The molecule has 2 heterocycles. The van der Waals surface area contributed by atoms with Crippen LogP contribution in [0.3, 0.4) is 0 Å². The Hall–Kier alpha value is -1.69. The Morgan fingerprint density at radius 2 is 2.12 bits per heavy atom. The number of aromatic amines is 1. The van der Waals surface area contributed by atoms with Crippen molar-refractivity contribution in [1.82, 2.24) is 20.1 Å². The molecule has 130 valence electrons. The number of rotatable bonds is 5. The molecule has 0 atom stereocenters.